The molecule has 0 amide bonds. The smallest absolute Gasteiger partial charge is 0.191 e. The van der Waals surface area contributed by atoms with Gasteiger partial charge in [-0.05, 0) is 37.0 Å². The van der Waals surface area contributed by atoms with Gasteiger partial charge in [0, 0.05) is 56.5 Å². The number of guanidine groups is 1. The van der Waals surface area contributed by atoms with Crippen LogP contribution in [-0.4, -0.2) is 75.8 Å². The third kappa shape index (κ3) is 6.12. The van der Waals surface area contributed by atoms with Gasteiger partial charge in [-0.3, -0.25) is 9.89 Å². The summed E-state index contributed by atoms with van der Waals surface area (Å²) in [6.45, 7) is 4.09. The molecule has 1 aliphatic heterocycles. The molecule has 0 spiro atoms. The minimum absolute atomic E-state index is 0.278. The van der Waals surface area contributed by atoms with Crippen LogP contribution in [0.4, 0.5) is 0 Å². The first-order chi connectivity index (χ1) is 13.9. The second kappa shape index (κ2) is 10.2. The molecule has 1 aromatic carbocycles. The Morgan fingerprint density at radius 3 is 2.38 bits per heavy atom. The molecule has 0 unspecified atom stereocenters. The van der Waals surface area contributed by atoms with E-state index >= 15 is 0 Å². The number of rotatable bonds is 7. The summed E-state index contributed by atoms with van der Waals surface area (Å²) in [5, 5.41) is 6.98. The van der Waals surface area contributed by atoms with E-state index in [0.717, 1.165) is 31.0 Å². The highest BCUT2D eigenvalue weighted by atomic mass is 32.2. The summed E-state index contributed by atoms with van der Waals surface area (Å²) in [5.41, 5.74) is 1.39. The van der Waals surface area contributed by atoms with E-state index in [2.05, 4.69) is 32.3 Å². The third-order valence-corrected chi connectivity index (χ3v) is 8.15. The number of nitrogens with zero attached hydrogens (tertiary/aromatic N) is 2. The van der Waals surface area contributed by atoms with Gasteiger partial charge in [-0.2, -0.15) is 11.8 Å². The highest BCUT2D eigenvalue weighted by Crippen LogP contribution is 2.36. The van der Waals surface area contributed by atoms with E-state index < -0.39 is 9.84 Å². The number of nitrogens with one attached hydrogen (secondary N) is 2. The molecule has 0 aromatic heterocycles. The van der Waals surface area contributed by atoms with Gasteiger partial charge in [-0.15, -0.1) is 0 Å². The van der Waals surface area contributed by atoms with Gasteiger partial charge < -0.3 is 10.6 Å². The van der Waals surface area contributed by atoms with Crippen molar-refractivity contribution < 1.29 is 8.42 Å². The molecule has 1 aromatic rings. The molecule has 8 heteroatoms. The first-order valence-electron chi connectivity index (χ1n) is 10.5. The second-order valence-electron chi connectivity index (χ2n) is 8.05. The highest BCUT2D eigenvalue weighted by molar-refractivity contribution is 7.99. The van der Waals surface area contributed by atoms with Crippen LogP contribution >= 0.6 is 11.8 Å². The fourth-order valence-electron chi connectivity index (χ4n) is 4.37. The van der Waals surface area contributed by atoms with Crippen molar-refractivity contribution in [3.05, 3.63) is 29.8 Å². The van der Waals surface area contributed by atoms with Crippen molar-refractivity contribution in [1.82, 2.24) is 15.5 Å². The van der Waals surface area contributed by atoms with Crippen LogP contribution in [0.5, 0.6) is 0 Å². The molecule has 6 nitrogen and oxygen atoms in total. The molecule has 1 saturated carbocycles. The third-order valence-electron chi connectivity index (χ3n) is 6.08. The predicted molar refractivity (Wildman–Crippen MR) is 123 cm³/mol. The van der Waals surface area contributed by atoms with Gasteiger partial charge in [0.05, 0.1) is 4.90 Å². The van der Waals surface area contributed by atoms with Crippen LogP contribution in [0.15, 0.2) is 34.2 Å². The molecule has 1 heterocycles. The Labute approximate surface area is 179 Å². The molecule has 2 aliphatic rings. The Morgan fingerprint density at radius 1 is 1.14 bits per heavy atom. The van der Waals surface area contributed by atoms with Crippen LogP contribution in [0, 0.1) is 0 Å². The number of aliphatic imine (C=N–C) groups is 1. The molecule has 2 fully saturated rings. The minimum atomic E-state index is -3.14. The molecule has 1 aliphatic carbocycles. The lowest BCUT2D eigenvalue weighted by Gasteiger charge is -2.43. The fraction of sp³-hybridized carbons (Fsp3) is 0.667. The summed E-state index contributed by atoms with van der Waals surface area (Å²) in [6, 6.07) is 7.13. The Balaban J connectivity index is 1.49. The highest BCUT2D eigenvalue weighted by Gasteiger charge is 2.39. The topological polar surface area (TPSA) is 73.8 Å². The first-order valence-corrected chi connectivity index (χ1v) is 13.5. The van der Waals surface area contributed by atoms with Crippen LogP contribution in [-0.2, 0) is 16.3 Å². The van der Waals surface area contributed by atoms with Crippen LogP contribution in [0.3, 0.4) is 0 Å². The molecule has 0 radical (unpaired) electrons. The predicted octanol–water partition coefficient (Wildman–Crippen LogP) is 2.16. The number of thioether (sulfide) groups is 1. The normalized spacial score (nSPS) is 20.6. The zero-order valence-corrected chi connectivity index (χ0v) is 19.2. The van der Waals surface area contributed by atoms with Crippen LogP contribution in [0.25, 0.3) is 0 Å². The summed E-state index contributed by atoms with van der Waals surface area (Å²) >= 11 is 2.06. The molecule has 3 rings (SSSR count). The van der Waals surface area contributed by atoms with E-state index in [1.807, 2.05) is 19.2 Å². The van der Waals surface area contributed by atoms with E-state index in [-0.39, 0.29) is 5.54 Å². The zero-order chi connectivity index (χ0) is 20.7. The largest absolute Gasteiger partial charge is 0.356 e. The summed E-state index contributed by atoms with van der Waals surface area (Å²) < 4.78 is 23.1. The summed E-state index contributed by atoms with van der Waals surface area (Å²) in [6.07, 6.45) is 7.24. The van der Waals surface area contributed by atoms with Gasteiger partial charge in [0.25, 0.3) is 0 Å². The maximum Gasteiger partial charge on any atom is 0.191 e. The summed E-state index contributed by atoms with van der Waals surface area (Å²) in [4.78, 5) is 7.47. The van der Waals surface area contributed by atoms with Gasteiger partial charge >= 0.3 is 0 Å². The van der Waals surface area contributed by atoms with Crippen molar-refractivity contribution >= 4 is 27.6 Å². The monoisotopic (exact) mass is 438 g/mol. The van der Waals surface area contributed by atoms with Crippen LogP contribution in [0.2, 0.25) is 0 Å². The molecule has 29 heavy (non-hydrogen) atoms. The van der Waals surface area contributed by atoms with Crippen molar-refractivity contribution in [2.24, 2.45) is 4.99 Å². The maximum absolute atomic E-state index is 11.6. The SMILES string of the molecule is CN=C(NCCc1ccc(S(C)(=O)=O)cc1)NCC1(N2CCSCC2)CCCC1. The Hall–Kier alpha value is -1.25. The average Bonchev–Trinajstić information content (AvgIpc) is 3.21. The van der Waals surface area contributed by atoms with E-state index in [9.17, 15) is 8.42 Å². The lowest BCUT2D eigenvalue weighted by molar-refractivity contribution is 0.107. The Bertz CT molecular complexity index is 781. The Kier molecular flexibility index (Phi) is 7.87. The lowest BCUT2D eigenvalue weighted by Crippen LogP contribution is -2.57. The van der Waals surface area contributed by atoms with Gasteiger partial charge in [0.1, 0.15) is 0 Å². The number of hydrogen-bond donors (Lipinski definition) is 2. The zero-order valence-electron chi connectivity index (χ0n) is 17.6. The van der Waals surface area contributed by atoms with Gasteiger partial charge in [0.15, 0.2) is 15.8 Å². The average molecular weight is 439 g/mol. The Morgan fingerprint density at radius 2 is 1.79 bits per heavy atom. The standard InChI is InChI=1S/C21H34N4O2S2/c1-22-20(23-12-9-18-5-7-19(8-6-18)29(2,26)27)24-17-21(10-3-4-11-21)25-13-15-28-16-14-25/h5-8H,3-4,9-17H2,1-2H3,(H2,22,23,24). The summed E-state index contributed by atoms with van der Waals surface area (Å²) in [7, 11) is -1.32. The molecule has 2 N–H and O–H groups in total. The van der Waals surface area contributed by atoms with E-state index in [4.69, 9.17) is 0 Å². The molecule has 162 valence electrons. The van der Waals surface area contributed by atoms with E-state index in [1.54, 1.807) is 12.1 Å². The number of sulfone groups is 1. The van der Waals surface area contributed by atoms with Crippen LogP contribution in [0.1, 0.15) is 31.2 Å². The summed E-state index contributed by atoms with van der Waals surface area (Å²) in [5.74, 6) is 3.33. The van der Waals surface area contributed by atoms with E-state index in [1.165, 1.54) is 56.5 Å². The van der Waals surface area contributed by atoms with E-state index in [0.29, 0.717) is 4.90 Å². The molecular weight excluding hydrogens is 404 g/mol. The number of benzene rings is 1. The van der Waals surface area contributed by atoms with Gasteiger partial charge in [-0.1, -0.05) is 25.0 Å². The van der Waals surface area contributed by atoms with Gasteiger partial charge in [-0.25, -0.2) is 8.42 Å². The minimum Gasteiger partial charge on any atom is -0.356 e. The second-order valence-corrected chi connectivity index (χ2v) is 11.3. The van der Waals surface area contributed by atoms with Gasteiger partial charge in [0.2, 0.25) is 0 Å². The molecule has 0 bridgehead atoms. The molecular formula is C21H34N4O2S2. The van der Waals surface area contributed by atoms with Crippen molar-refractivity contribution in [2.45, 2.75) is 42.5 Å². The first kappa shape index (κ1) is 22.4. The van der Waals surface area contributed by atoms with Crippen molar-refractivity contribution in [2.75, 3.05) is 51.0 Å². The van der Waals surface area contributed by atoms with Crippen LogP contribution < -0.4 is 10.6 Å². The van der Waals surface area contributed by atoms with Crippen molar-refractivity contribution in [3.8, 4) is 0 Å². The van der Waals surface area contributed by atoms with Crippen molar-refractivity contribution in [3.63, 3.8) is 0 Å². The molecule has 0 atom stereocenters. The quantitative estimate of drug-likeness (QED) is 0.502. The fourth-order valence-corrected chi connectivity index (χ4v) is 5.91. The lowest BCUT2D eigenvalue weighted by atomic mass is 9.94. The maximum atomic E-state index is 11.6. The number of hydrogen-bond acceptors (Lipinski definition) is 5. The van der Waals surface area contributed by atoms with Crippen molar-refractivity contribution in [1.29, 1.82) is 0 Å². The molecule has 1 saturated heterocycles.